The molecule has 22 heavy (non-hydrogen) atoms. The number of hydrogen-bond donors (Lipinski definition) is 0. The Kier molecular flexibility index (Phi) is 6.07. The van der Waals surface area contributed by atoms with Gasteiger partial charge in [0.15, 0.2) is 6.61 Å². The van der Waals surface area contributed by atoms with E-state index in [2.05, 4.69) is 0 Å². The molecule has 0 saturated carbocycles. The van der Waals surface area contributed by atoms with Crippen LogP contribution in [0.25, 0.3) is 0 Å². The van der Waals surface area contributed by atoms with Gasteiger partial charge in [0.1, 0.15) is 5.75 Å². The molecule has 5 nitrogen and oxygen atoms in total. The van der Waals surface area contributed by atoms with E-state index in [1.165, 1.54) is 0 Å². The second kappa shape index (κ2) is 8.03. The van der Waals surface area contributed by atoms with Crippen molar-refractivity contribution in [2.45, 2.75) is 13.3 Å². The summed E-state index contributed by atoms with van der Waals surface area (Å²) in [5.41, 5.74) is 1.15. The maximum atomic E-state index is 12.1. The van der Waals surface area contributed by atoms with Crippen LogP contribution in [0, 0.1) is 6.92 Å². The van der Waals surface area contributed by atoms with Crippen LogP contribution in [0.4, 0.5) is 0 Å². The van der Waals surface area contributed by atoms with Crippen LogP contribution < -0.4 is 4.74 Å². The van der Waals surface area contributed by atoms with E-state index in [1.807, 2.05) is 31.2 Å². The summed E-state index contributed by atoms with van der Waals surface area (Å²) in [5.74, 6) is 1.03. The minimum Gasteiger partial charge on any atom is -0.484 e. The smallest absolute Gasteiger partial charge is 0.260 e. The van der Waals surface area contributed by atoms with Crippen molar-refractivity contribution in [3.63, 3.8) is 0 Å². The Bertz CT molecular complexity index is 511. The molecule has 1 aliphatic heterocycles. The first kappa shape index (κ1) is 16.6. The number of alkyl halides is 1. The van der Waals surface area contributed by atoms with Crippen molar-refractivity contribution in [3.05, 3.63) is 29.8 Å². The summed E-state index contributed by atoms with van der Waals surface area (Å²) in [6, 6.07) is 7.60. The number of halogens is 1. The number of piperazine rings is 1. The highest BCUT2D eigenvalue weighted by atomic mass is 35.5. The Labute approximate surface area is 135 Å². The lowest BCUT2D eigenvalue weighted by Gasteiger charge is -2.34. The van der Waals surface area contributed by atoms with Crippen molar-refractivity contribution < 1.29 is 14.3 Å². The first-order valence-corrected chi connectivity index (χ1v) is 7.94. The fraction of sp³-hybridized carbons (Fsp3) is 0.500. The van der Waals surface area contributed by atoms with Crippen LogP contribution in [0.15, 0.2) is 24.3 Å². The van der Waals surface area contributed by atoms with Crippen molar-refractivity contribution in [1.29, 1.82) is 0 Å². The highest BCUT2D eigenvalue weighted by molar-refractivity contribution is 6.18. The Morgan fingerprint density at radius 1 is 1.05 bits per heavy atom. The van der Waals surface area contributed by atoms with Gasteiger partial charge in [-0.25, -0.2) is 0 Å². The summed E-state index contributed by atoms with van der Waals surface area (Å²) in [7, 11) is 0. The highest BCUT2D eigenvalue weighted by Gasteiger charge is 2.23. The second-order valence-electron chi connectivity index (χ2n) is 5.30. The minimum atomic E-state index is -0.0509. The summed E-state index contributed by atoms with van der Waals surface area (Å²) in [6.45, 7) is 4.24. The normalized spacial score (nSPS) is 14.8. The molecule has 1 saturated heterocycles. The van der Waals surface area contributed by atoms with Crippen LogP contribution in [0.5, 0.6) is 5.75 Å². The van der Waals surface area contributed by atoms with Gasteiger partial charge in [0, 0.05) is 38.5 Å². The Morgan fingerprint density at radius 2 is 1.59 bits per heavy atom. The SMILES string of the molecule is Cc1ccc(OCC(=O)N2CCN(C(=O)CCCl)CC2)cc1. The molecule has 6 heteroatoms. The number of hydrogen-bond acceptors (Lipinski definition) is 3. The van der Waals surface area contributed by atoms with E-state index in [9.17, 15) is 9.59 Å². The molecule has 120 valence electrons. The minimum absolute atomic E-state index is 0.0265. The van der Waals surface area contributed by atoms with E-state index >= 15 is 0 Å². The molecular formula is C16H21ClN2O3. The van der Waals surface area contributed by atoms with Gasteiger partial charge in [-0.3, -0.25) is 9.59 Å². The number of benzene rings is 1. The standard InChI is InChI=1S/C16H21ClN2O3/c1-13-2-4-14(5-3-13)22-12-16(21)19-10-8-18(9-11-19)15(20)6-7-17/h2-5H,6-12H2,1H3. The first-order chi connectivity index (χ1) is 10.6. The van der Waals surface area contributed by atoms with Crippen LogP contribution in [0.2, 0.25) is 0 Å². The molecule has 2 amide bonds. The number of rotatable bonds is 5. The summed E-state index contributed by atoms with van der Waals surface area (Å²) in [6.07, 6.45) is 0.353. The maximum absolute atomic E-state index is 12.1. The highest BCUT2D eigenvalue weighted by Crippen LogP contribution is 2.12. The van der Waals surface area contributed by atoms with Gasteiger partial charge in [-0.15, -0.1) is 11.6 Å². The van der Waals surface area contributed by atoms with E-state index in [0.717, 1.165) is 5.56 Å². The second-order valence-corrected chi connectivity index (χ2v) is 5.68. The van der Waals surface area contributed by atoms with Crippen LogP contribution in [0.3, 0.4) is 0 Å². The zero-order chi connectivity index (χ0) is 15.9. The predicted octanol–water partition coefficient (Wildman–Crippen LogP) is 1.67. The number of ether oxygens (including phenoxy) is 1. The van der Waals surface area contributed by atoms with Crippen LogP contribution in [0.1, 0.15) is 12.0 Å². The van der Waals surface area contributed by atoms with Gasteiger partial charge in [0.05, 0.1) is 0 Å². The quantitative estimate of drug-likeness (QED) is 0.774. The monoisotopic (exact) mass is 324 g/mol. The van der Waals surface area contributed by atoms with E-state index in [4.69, 9.17) is 16.3 Å². The van der Waals surface area contributed by atoms with Crippen molar-refractivity contribution >= 4 is 23.4 Å². The molecular weight excluding hydrogens is 304 g/mol. The lowest BCUT2D eigenvalue weighted by Crippen LogP contribution is -2.51. The lowest BCUT2D eigenvalue weighted by molar-refractivity contribution is -0.140. The molecule has 1 aromatic rings. The number of nitrogens with zero attached hydrogens (tertiary/aromatic N) is 2. The Morgan fingerprint density at radius 3 is 2.14 bits per heavy atom. The predicted molar refractivity (Wildman–Crippen MR) is 85.2 cm³/mol. The zero-order valence-electron chi connectivity index (χ0n) is 12.8. The zero-order valence-corrected chi connectivity index (χ0v) is 13.5. The first-order valence-electron chi connectivity index (χ1n) is 7.41. The molecule has 0 spiro atoms. The molecule has 0 bridgehead atoms. The molecule has 0 aromatic heterocycles. The molecule has 0 unspecified atom stereocenters. The Hall–Kier alpha value is -1.75. The average Bonchev–Trinajstić information content (AvgIpc) is 2.54. The molecule has 2 rings (SSSR count). The van der Waals surface area contributed by atoms with Crippen molar-refractivity contribution in [2.24, 2.45) is 0 Å². The number of aryl methyl sites for hydroxylation is 1. The van der Waals surface area contributed by atoms with E-state index < -0.39 is 0 Å². The summed E-state index contributed by atoms with van der Waals surface area (Å²) in [5, 5.41) is 0. The third-order valence-electron chi connectivity index (χ3n) is 3.68. The largest absolute Gasteiger partial charge is 0.484 e. The number of carbonyl (C=O) groups excluding carboxylic acids is 2. The maximum Gasteiger partial charge on any atom is 0.260 e. The van der Waals surface area contributed by atoms with Gasteiger partial charge < -0.3 is 14.5 Å². The van der Waals surface area contributed by atoms with Gasteiger partial charge in [-0.05, 0) is 19.1 Å². The topological polar surface area (TPSA) is 49.9 Å². The molecule has 0 atom stereocenters. The fourth-order valence-corrected chi connectivity index (χ4v) is 2.48. The van der Waals surface area contributed by atoms with Gasteiger partial charge in [-0.1, -0.05) is 17.7 Å². The lowest BCUT2D eigenvalue weighted by atomic mass is 10.2. The molecule has 1 fully saturated rings. The average molecular weight is 325 g/mol. The van der Waals surface area contributed by atoms with Gasteiger partial charge in [-0.2, -0.15) is 0 Å². The third kappa shape index (κ3) is 4.63. The molecule has 1 aliphatic rings. The van der Waals surface area contributed by atoms with Crippen molar-refractivity contribution in [3.8, 4) is 5.75 Å². The van der Waals surface area contributed by atoms with E-state index in [0.29, 0.717) is 44.2 Å². The van der Waals surface area contributed by atoms with Gasteiger partial charge in [0.2, 0.25) is 5.91 Å². The van der Waals surface area contributed by atoms with Gasteiger partial charge >= 0.3 is 0 Å². The molecule has 0 N–H and O–H groups in total. The number of amides is 2. The van der Waals surface area contributed by atoms with E-state index in [1.54, 1.807) is 9.80 Å². The summed E-state index contributed by atoms with van der Waals surface area (Å²) >= 11 is 5.58. The summed E-state index contributed by atoms with van der Waals surface area (Å²) < 4.78 is 5.50. The molecule has 0 radical (unpaired) electrons. The van der Waals surface area contributed by atoms with Crippen molar-refractivity contribution in [1.82, 2.24) is 9.80 Å². The van der Waals surface area contributed by atoms with Crippen LogP contribution >= 0.6 is 11.6 Å². The van der Waals surface area contributed by atoms with E-state index in [-0.39, 0.29) is 18.4 Å². The molecule has 1 aromatic carbocycles. The Balaban J connectivity index is 1.75. The fourth-order valence-electron chi connectivity index (χ4n) is 2.32. The molecule has 1 heterocycles. The summed E-state index contributed by atoms with van der Waals surface area (Å²) in [4.78, 5) is 27.3. The third-order valence-corrected chi connectivity index (χ3v) is 3.87. The van der Waals surface area contributed by atoms with Crippen LogP contribution in [-0.2, 0) is 9.59 Å². The van der Waals surface area contributed by atoms with Crippen LogP contribution in [-0.4, -0.2) is 60.3 Å². The van der Waals surface area contributed by atoms with Crippen molar-refractivity contribution in [2.75, 3.05) is 38.7 Å². The molecule has 0 aliphatic carbocycles. The number of carbonyl (C=O) groups is 2. The van der Waals surface area contributed by atoms with Gasteiger partial charge in [0.25, 0.3) is 5.91 Å².